The van der Waals surface area contributed by atoms with Crippen LogP contribution in [-0.4, -0.2) is 71.7 Å². The third-order valence-corrected chi connectivity index (χ3v) is 4.38. The molecule has 0 radical (unpaired) electrons. The van der Waals surface area contributed by atoms with E-state index in [1.807, 2.05) is 0 Å². The maximum absolute atomic E-state index is 13.3. The monoisotopic (exact) mass is 382 g/mol. The van der Waals surface area contributed by atoms with Crippen molar-refractivity contribution in [3.8, 4) is 0 Å². The molecule has 2 heterocycles. The number of methoxy groups -OCH3 is 2. The molecule has 0 aliphatic carbocycles. The Bertz CT molecular complexity index is 818. The molecule has 0 bridgehead atoms. The summed E-state index contributed by atoms with van der Waals surface area (Å²) in [4.78, 5) is 34.5. The molecule has 10 heteroatoms. The molecule has 1 aromatic heterocycles. The number of aromatic nitrogens is 2. The molecule has 0 spiro atoms. The number of hydrogen-bond acceptors (Lipinski definition) is 5. The molecule has 27 heavy (non-hydrogen) atoms. The Kier molecular flexibility index (Phi) is 5.66. The first-order chi connectivity index (χ1) is 12.9. The lowest BCUT2D eigenvalue weighted by Gasteiger charge is -2.35. The molecule has 1 atom stereocenters. The summed E-state index contributed by atoms with van der Waals surface area (Å²) in [6, 6.07) is 1.54. The summed E-state index contributed by atoms with van der Waals surface area (Å²) in [6.45, 7) is 0.641. The lowest BCUT2D eigenvalue weighted by molar-refractivity contribution is -0.133. The number of halogens is 2. The lowest BCUT2D eigenvalue weighted by Crippen LogP contribution is -2.54. The molecule has 8 nitrogen and oxygen atoms in total. The second-order valence-electron chi connectivity index (χ2n) is 6.24. The smallest absolute Gasteiger partial charge is 0.327 e. The van der Waals surface area contributed by atoms with Gasteiger partial charge in [0, 0.05) is 39.3 Å². The van der Waals surface area contributed by atoms with Gasteiger partial charge in [-0.05, 0) is 0 Å². The molecule has 1 N–H and O–H groups in total. The number of urea groups is 1. The van der Waals surface area contributed by atoms with Gasteiger partial charge >= 0.3 is 6.03 Å². The number of ether oxygens (including phenoxy) is 2. The van der Waals surface area contributed by atoms with Crippen molar-refractivity contribution in [2.45, 2.75) is 19.1 Å². The van der Waals surface area contributed by atoms with E-state index in [0.29, 0.717) is 11.3 Å². The number of benzene rings is 1. The number of fused-ring (bicyclic) bond motifs is 1. The first kappa shape index (κ1) is 19.2. The number of aromatic amines is 1. The Morgan fingerprint density at radius 1 is 1.26 bits per heavy atom. The van der Waals surface area contributed by atoms with Crippen LogP contribution in [0, 0.1) is 11.6 Å². The van der Waals surface area contributed by atoms with Gasteiger partial charge in [-0.25, -0.2) is 18.6 Å². The fourth-order valence-electron chi connectivity index (χ4n) is 2.96. The van der Waals surface area contributed by atoms with Crippen molar-refractivity contribution < 1.29 is 27.8 Å². The molecule has 1 aliphatic rings. The standard InChI is InChI=1S/C17H20F2N4O4/c1-26-9-10(27-2)7-23-16(24)3-4-22(17(23)25)8-15-20-13-5-11(18)12(19)6-14(13)21-15/h5-6,10H,3-4,7-9H2,1-2H3,(H,20,21). The summed E-state index contributed by atoms with van der Waals surface area (Å²) < 4.78 is 36.9. The van der Waals surface area contributed by atoms with Crippen molar-refractivity contribution in [1.29, 1.82) is 0 Å². The highest BCUT2D eigenvalue weighted by atomic mass is 19.2. The zero-order valence-electron chi connectivity index (χ0n) is 15.0. The number of carbonyl (C=O) groups is 2. The fourth-order valence-corrected chi connectivity index (χ4v) is 2.96. The van der Waals surface area contributed by atoms with Crippen molar-refractivity contribution in [1.82, 2.24) is 19.8 Å². The number of carbonyl (C=O) groups excluding carboxylic acids is 2. The van der Waals surface area contributed by atoms with Gasteiger partial charge in [0.1, 0.15) is 5.82 Å². The predicted octanol–water partition coefficient (Wildman–Crippen LogP) is 1.66. The highest BCUT2D eigenvalue weighted by Gasteiger charge is 2.34. The van der Waals surface area contributed by atoms with Gasteiger partial charge in [-0.3, -0.25) is 9.69 Å². The fraction of sp³-hybridized carbons (Fsp3) is 0.471. The Morgan fingerprint density at radius 3 is 2.70 bits per heavy atom. The average Bonchev–Trinajstić information content (AvgIpc) is 3.01. The topological polar surface area (TPSA) is 87.8 Å². The van der Waals surface area contributed by atoms with Crippen molar-refractivity contribution in [2.75, 3.05) is 33.9 Å². The van der Waals surface area contributed by atoms with Crippen molar-refractivity contribution in [2.24, 2.45) is 0 Å². The van der Waals surface area contributed by atoms with Crippen molar-refractivity contribution >= 4 is 23.0 Å². The van der Waals surface area contributed by atoms with E-state index in [2.05, 4.69) is 9.97 Å². The van der Waals surface area contributed by atoms with E-state index >= 15 is 0 Å². The van der Waals surface area contributed by atoms with Gasteiger partial charge in [-0.2, -0.15) is 0 Å². The molecule has 146 valence electrons. The molecule has 3 rings (SSSR count). The normalized spacial score (nSPS) is 16.4. The number of H-pyrrole nitrogens is 1. The molecule has 1 fully saturated rings. The van der Waals surface area contributed by atoms with Gasteiger partial charge in [0.2, 0.25) is 5.91 Å². The largest absolute Gasteiger partial charge is 0.382 e. The van der Waals surface area contributed by atoms with Gasteiger partial charge in [-0.1, -0.05) is 0 Å². The van der Waals surface area contributed by atoms with Crippen LogP contribution in [0.1, 0.15) is 12.2 Å². The SMILES string of the molecule is COCC(CN1C(=O)CCN(Cc2nc3cc(F)c(F)cc3[nH]2)C1=O)OC. The number of amides is 3. The van der Waals surface area contributed by atoms with E-state index in [9.17, 15) is 18.4 Å². The second-order valence-corrected chi connectivity index (χ2v) is 6.24. The number of rotatable bonds is 7. The number of imide groups is 1. The Hall–Kier alpha value is -2.59. The highest BCUT2D eigenvalue weighted by Crippen LogP contribution is 2.19. The van der Waals surface area contributed by atoms with E-state index in [-0.39, 0.29) is 44.1 Å². The Balaban J connectivity index is 1.74. The van der Waals surface area contributed by atoms with E-state index in [1.165, 1.54) is 19.1 Å². The van der Waals surface area contributed by atoms with E-state index in [4.69, 9.17) is 9.47 Å². The summed E-state index contributed by atoms with van der Waals surface area (Å²) in [5, 5.41) is 0. The van der Waals surface area contributed by atoms with Crippen LogP contribution in [0.3, 0.4) is 0 Å². The minimum atomic E-state index is -0.991. The van der Waals surface area contributed by atoms with E-state index in [1.54, 1.807) is 0 Å². The molecule has 1 unspecified atom stereocenters. The average molecular weight is 382 g/mol. The quantitative estimate of drug-likeness (QED) is 0.787. The highest BCUT2D eigenvalue weighted by molar-refractivity contribution is 5.96. The first-order valence-electron chi connectivity index (χ1n) is 8.37. The number of hydrogen-bond donors (Lipinski definition) is 1. The van der Waals surface area contributed by atoms with Crippen LogP contribution in [0.5, 0.6) is 0 Å². The zero-order chi connectivity index (χ0) is 19.6. The van der Waals surface area contributed by atoms with Gasteiger partial charge in [0.05, 0.1) is 36.8 Å². The molecule has 1 aliphatic heterocycles. The Labute approximate surface area is 154 Å². The van der Waals surface area contributed by atoms with Crippen LogP contribution in [0.4, 0.5) is 13.6 Å². The van der Waals surface area contributed by atoms with E-state index in [0.717, 1.165) is 17.0 Å². The lowest BCUT2D eigenvalue weighted by atomic mass is 10.2. The summed E-state index contributed by atoms with van der Waals surface area (Å²) in [7, 11) is 2.98. The van der Waals surface area contributed by atoms with Gasteiger partial charge in [0.25, 0.3) is 0 Å². The van der Waals surface area contributed by atoms with Crippen LogP contribution in [0.25, 0.3) is 11.0 Å². The van der Waals surface area contributed by atoms with Crippen LogP contribution in [0.15, 0.2) is 12.1 Å². The molecule has 1 saturated heterocycles. The summed E-state index contributed by atoms with van der Waals surface area (Å²) in [5.74, 6) is -1.89. The number of nitrogens with zero attached hydrogens (tertiary/aromatic N) is 3. The summed E-state index contributed by atoms with van der Waals surface area (Å²) in [5.41, 5.74) is 0.599. The molecular formula is C17H20F2N4O4. The number of imidazole rings is 1. The van der Waals surface area contributed by atoms with Crippen molar-refractivity contribution in [3.63, 3.8) is 0 Å². The zero-order valence-corrected chi connectivity index (χ0v) is 15.0. The molecule has 0 saturated carbocycles. The third-order valence-electron chi connectivity index (χ3n) is 4.38. The maximum atomic E-state index is 13.3. The molecule has 3 amide bonds. The maximum Gasteiger partial charge on any atom is 0.327 e. The molecule has 2 aromatic rings. The van der Waals surface area contributed by atoms with Crippen molar-refractivity contribution in [3.05, 3.63) is 29.6 Å². The van der Waals surface area contributed by atoms with Crippen LogP contribution < -0.4 is 0 Å². The summed E-state index contributed by atoms with van der Waals surface area (Å²) in [6.07, 6.45) is -0.265. The molecule has 1 aromatic carbocycles. The van der Waals surface area contributed by atoms with Gasteiger partial charge in [-0.15, -0.1) is 0 Å². The van der Waals surface area contributed by atoms with Crippen LogP contribution in [0.2, 0.25) is 0 Å². The number of nitrogens with one attached hydrogen (secondary N) is 1. The van der Waals surface area contributed by atoms with Crippen LogP contribution >= 0.6 is 0 Å². The van der Waals surface area contributed by atoms with Gasteiger partial charge < -0.3 is 19.4 Å². The first-order valence-corrected chi connectivity index (χ1v) is 8.37. The van der Waals surface area contributed by atoms with Gasteiger partial charge in [0.15, 0.2) is 11.6 Å². The minimum Gasteiger partial charge on any atom is -0.382 e. The Morgan fingerprint density at radius 2 is 2.00 bits per heavy atom. The third kappa shape index (κ3) is 4.06. The second kappa shape index (κ2) is 7.97. The predicted molar refractivity (Wildman–Crippen MR) is 90.8 cm³/mol. The molecular weight excluding hydrogens is 362 g/mol. The minimum absolute atomic E-state index is 0.0784. The van der Waals surface area contributed by atoms with E-state index < -0.39 is 23.8 Å². The summed E-state index contributed by atoms with van der Waals surface area (Å²) >= 11 is 0. The van der Waals surface area contributed by atoms with Crippen LogP contribution in [-0.2, 0) is 20.8 Å².